The van der Waals surface area contributed by atoms with Crippen molar-refractivity contribution in [3.05, 3.63) is 76.8 Å². The topological polar surface area (TPSA) is 79.2 Å². The van der Waals surface area contributed by atoms with Gasteiger partial charge in [-0.05, 0) is 47.9 Å². The number of aryl methyl sites for hydroxylation is 2. The zero-order valence-electron chi connectivity index (χ0n) is 20.8. The molecule has 0 fully saturated rings. The molecule has 3 aromatic heterocycles. The van der Waals surface area contributed by atoms with E-state index < -0.39 is 0 Å². The monoisotopic (exact) mass is 501 g/mol. The van der Waals surface area contributed by atoms with E-state index in [0.29, 0.717) is 22.8 Å². The fourth-order valence-corrected chi connectivity index (χ4v) is 4.73. The Balaban J connectivity index is 1.46. The second-order valence-electron chi connectivity index (χ2n) is 9.25. The van der Waals surface area contributed by atoms with Gasteiger partial charge in [0.15, 0.2) is 5.82 Å². The Morgan fingerprint density at radius 3 is 2.50 bits per heavy atom. The van der Waals surface area contributed by atoms with Gasteiger partial charge in [-0.1, -0.05) is 17.7 Å². The smallest absolute Gasteiger partial charge is 0.253 e. The SMILES string of the molecule is Cc1cc(Cl)cc(-c2cnc(-c3cnn(C)c3)c(C(=O)NCc3cnc4c(c3)N(C)CCN4C)c2)c1. The van der Waals surface area contributed by atoms with Crippen molar-refractivity contribution in [2.45, 2.75) is 13.5 Å². The van der Waals surface area contributed by atoms with E-state index in [1.54, 1.807) is 17.1 Å². The summed E-state index contributed by atoms with van der Waals surface area (Å²) in [5.74, 6) is 0.733. The summed E-state index contributed by atoms with van der Waals surface area (Å²) in [5, 5.41) is 7.96. The molecular weight excluding hydrogens is 474 g/mol. The van der Waals surface area contributed by atoms with Crippen molar-refractivity contribution in [1.82, 2.24) is 25.1 Å². The maximum Gasteiger partial charge on any atom is 0.253 e. The van der Waals surface area contributed by atoms with Crippen molar-refractivity contribution in [3.8, 4) is 22.4 Å². The molecule has 0 saturated heterocycles. The number of hydrogen-bond acceptors (Lipinski definition) is 6. The van der Waals surface area contributed by atoms with Gasteiger partial charge in [0.2, 0.25) is 0 Å². The van der Waals surface area contributed by atoms with Crippen LogP contribution in [-0.4, -0.2) is 52.8 Å². The van der Waals surface area contributed by atoms with Gasteiger partial charge in [-0.25, -0.2) is 4.98 Å². The molecule has 0 atom stereocenters. The zero-order valence-corrected chi connectivity index (χ0v) is 21.5. The average Bonchev–Trinajstić information content (AvgIpc) is 3.30. The van der Waals surface area contributed by atoms with Crippen LogP contribution in [-0.2, 0) is 13.6 Å². The highest BCUT2D eigenvalue weighted by Crippen LogP contribution is 2.31. The molecule has 4 heterocycles. The number of nitrogens with zero attached hydrogens (tertiary/aromatic N) is 6. The van der Waals surface area contributed by atoms with Crippen molar-refractivity contribution in [3.63, 3.8) is 0 Å². The van der Waals surface area contributed by atoms with E-state index in [1.807, 2.05) is 57.7 Å². The number of halogens is 1. The first-order chi connectivity index (χ1) is 17.3. The molecule has 0 aliphatic carbocycles. The third-order valence-electron chi connectivity index (χ3n) is 6.39. The van der Waals surface area contributed by atoms with Gasteiger partial charge in [-0.2, -0.15) is 5.10 Å². The Morgan fingerprint density at radius 2 is 1.75 bits per heavy atom. The maximum absolute atomic E-state index is 13.5. The molecule has 36 heavy (non-hydrogen) atoms. The van der Waals surface area contributed by atoms with Crippen LogP contribution in [0.1, 0.15) is 21.5 Å². The van der Waals surface area contributed by atoms with Crippen LogP contribution in [0.2, 0.25) is 5.02 Å². The van der Waals surface area contributed by atoms with Crippen molar-refractivity contribution < 1.29 is 4.79 Å². The molecule has 0 unspecified atom stereocenters. The Morgan fingerprint density at radius 1 is 0.944 bits per heavy atom. The molecule has 0 saturated carbocycles. The molecule has 1 N–H and O–H groups in total. The highest BCUT2D eigenvalue weighted by atomic mass is 35.5. The Bertz CT molecular complexity index is 1430. The minimum Gasteiger partial charge on any atom is -0.370 e. The summed E-state index contributed by atoms with van der Waals surface area (Å²) in [6.07, 6.45) is 7.15. The number of carbonyl (C=O) groups is 1. The number of pyridine rings is 2. The fraction of sp³-hybridized carbons (Fsp3) is 0.259. The number of fused-ring (bicyclic) bond motifs is 1. The van der Waals surface area contributed by atoms with Gasteiger partial charge in [0, 0.05) is 75.5 Å². The predicted octanol–water partition coefficient (Wildman–Crippen LogP) is 4.32. The largest absolute Gasteiger partial charge is 0.370 e. The van der Waals surface area contributed by atoms with E-state index in [-0.39, 0.29) is 5.91 Å². The third-order valence-corrected chi connectivity index (χ3v) is 6.60. The summed E-state index contributed by atoms with van der Waals surface area (Å²) in [5.41, 5.74) is 6.58. The van der Waals surface area contributed by atoms with Gasteiger partial charge in [-0.3, -0.25) is 14.5 Å². The number of hydrogen-bond donors (Lipinski definition) is 1. The molecule has 1 amide bonds. The quantitative estimate of drug-likeness (QED) is 0.438. The summed E-state index contributed by atoms with van der Waals surface area (Å²) in [6, 6.07) is 9.76. The van der Waals surface area contributed by atoms with Gasteiger partial charge in [0.1, 0.15) is 0 Å². The fourth-order valence-electron chi connectivity index (χ4n) is 4.44. The minimum atomic E-state index is -0.217. The lowest BCUT2D eigenvalue weighted by molar-refractivity contribution is 0.0951. The van der Waals surface area contributed by atoms with Crippen molar-refractivity contribution in [2.75, 3.05) is 37.0 Å². The van der Waals surface area contributed by atoms with E-state index >= 15 is 0 Å². The highest BCUT2D eigenvalue weighted by Gasteiger charge is 2.21. The molecular formula is C27H28ClN7O. The van der Waals surface area contributed by atoms with E-state index in [9.17, 15) is 4.79 Å². The van der Waals surface area contributed by atoms with Gasteiger partial charge < -0.3 is 15.1 Å². The normalized spacial score (nSPS) is 13.0. The van der Waals surface area contributed by atoms with Crippen molar-refractivity contribution >= 4 is 29.0 Å². The van der Waals surface area contributed by atoms with Gasteiger partial charge in [-0.15, -0.1) is 0 Å². The van der Waals surface area contributed by atoms with Crippen LogP contribution in [0, 0.1) is 6.92 Å². The van der Waals surface area contributed by atoms with Crippen LogP contribution >= 0.6 is 11.6 Å². The van der Waals surface area contributed by atoms with E-state index in [0.717, 1.165) is 52.4 Å². The molecule has 1 aliphatic rings. The zero-order chi connectivity index (χ0) is 25.4. The molecule has 8 nitrogen and oxygen atoms in total. The summed E-state index contributed by atoms with van der Waals surface area (Å²) < 4.78 is 1.69. The molecule has 184 valence electrons. The van der Waals surface area contributed by atoms with Gasteiger partial charge >= 0.3 is 0 Å². The summed E-state index contributed by atoms with van der Waals surface area (Å²) in [4.78, 5) is 27.1. The van der Waals surface area contributed by atoms with Crippen molar-refractivity contribution in [2.24, 2.45) is 7.05 Å². The Hall–Kier alpha value is -3.91. The number of carbonyl (C=O) groups excluding carboxylic acids is 1. The third kappa shape index (κ3) is 4.77. The lowest BCUT2D eigenvalue weighted by Crippen LogP contribution is -2.37. The number of rotatable bonds is 5. The number of amides is 1. The molecule has 0 spiro atoms. The number of benzene rings is 1. The first kappa shape index (κ1) is 23.8. The lowest BCUT2D eigenvalue weighted by Gasteiger charge is -2.33. The summed E-state index contributed by atoms with van der Waals surface area (Å²) in [7, 11) is 5.94. The van der Waals surface area contributed by atoms with Crippen LogP contribution in [0.25, 0.3) is 22.4 Å². The van der Waals surface area contributed by atoms with Gasteiger partial charge in [0.25, 0.3) is 5.91 Å². The van der Waals surface area contributed by atoms with Crippen molar-refractivity contribution in [1.29, 1.82) is 0 Å². The Labute approximate surface area is 215 Å². The second kappa shape index (κ2) is 9.62. The molecule has 0 radical (unpaired) electrons. The molecule has 5 rings (SSSR count). The Kier molecular flexibility index (Phi) is 6.36. The van der Waals surface area contributed by atoms with E-state index in [4.69, 9.17) is 11.6 Å². The minimum absolute atomic E-state index is 0.217. The average molecular weight is 502 g/mol. The van der Waals surface area contributed by atoms with Crippen LogP contribution in [0.15, 0.2) is 55.1 Å². The summed E-state index contributed by atoms with van der Waals surface area (Å²) >= 11 is 6.30. The van der Waals surface area contributed by atoms with E-state index in [1.165, 1.54) is 0 Å². The molecule has 0 bridgehead atoms. The molecule has 1 aliphatic heterocycles. The molecule has 9 heteroatoms. The summed E-state index contributed by atoms with van der Waals surface area (Å²) in [6.45, 7) is 4.20. The first-order valence-electron chi connectivity index (χ1n) is 11.7. The number of likely N-dealkylation sites (N-methyl/N-ethyl adjacent to an activating group) is 2. The van der Waals surface area contributed by atoms with Crippen LogP contribution in [0.3, 0.4) is 0 Å². The number of nitrogens with one attached hydrogen (secondary N) is 1. The predicted molar refractivity (Wildman–Crippen MR) is 144 cm³/mol. The standard InChI is InChI=1S/C27H28ClN7O/c1-17-7-19(10-22(28)8-17)20-11-23(25(29-14-20)21-15-32-35(4)16-21)27(36)31-13-18-9-24-26(30-12-18)34(3)6-5-33(24)2/h7-12,14-16H,5-6,13H2,1-4H3,(H,31,36). The molecule has 4 aromatic rings. The molecule has 1 aromatic carbocycles. The van der Waals surface area contributed by atoms with Crippen LogP contribution in [0.4, 0.5) is 11.5 Å². The van der Waals surface area contributed by atoms with Gasteiger partial charge in [0.05, 0.1) is 23.1 Å². The highest BCUT2D eigenvalue weighted by molar-refractivity contribution is 6.31. The number of anilines is 2. The second-order valence-corrected chi connectivity index (χ2v) is 9.69. The van der Waals surface area contributed by atoms with Crippen LogP contribution in [0.5, 0.6) is 0 Å². The van der Waals surface area contributed by atoms with Crippen LogP contribution < -0.4 is 15.1 Å². The lowest BCUT2D eigenvalue weighted by atomic mass is 10.0. The maximum atomic E-state index is 13.5. The first-order valence-corrected chi connectivity index (χ1v) is 12.1. The number of aromatic nitrogens is 4. The van der Waals surface area contributed by atoms with E-state index in [2.05, 4.69) is 43.3 Å².